The molecule has 0 aromatic heterocycles. The molecule has 1 amide bonds. The van der Waals surface area contributed by atoms with Crippen molar-refractivity contribution >= 4 is 21.6 Å². The van der Waals surface area contributed by atoms with E-state index in [1.807, 2.05) is 38.1 Å². The van der Waals surface area contributed by atoms with Crippen molar-refractivity contribution in [2.45, 2.75) is 24.8 Å². The van der Waals surface area contributed by atoms with E-state index in [4.69, 9.17) is 9.47 Å². The maximum atomic E-state index is 13.5. The molecule has 1 N–H and O–H groups in total. The molecule has 172 valence electrons. The molecule has 3 aromatic rings. The smallest absolute Gasteiger partial charge is 0.264 e. The SMILES string of the molecule is Cc1ccc([C@H](C)NC(=O)CN(c2ccc3c(c2)OCCO3)S(=O)(=O)c2ccccc2)cc1. The normalized spacial score (nSPS) is 13.8. The number of fused-ring (bicyclic) bond motifs is 1. The highest BCUT2D eigenvalue weighted by Gasteiger charge is 2.29. The molecule has 0 radical (unpaired) electrons. The summed E-state index contributed by atoms with van der Waals surface area (Å²) in [5.74, 6) is 0.567. The van der Waals surface area contributed by atoms with Crippen LogP contribution in [-0.2, 0) is 14.8 Å². The second-order valence-corrected chi connectivity index (χ2v) is 9.71. The molecule has 0 unspecified atom stereocenters. The summed E-state index contributed by atoms with van der Waals surface area (Å²) in [4.78, 5) is 13.1. The number of amides is 1. The fraction of sp³-hybridized carbons (Fsp3) is 0.240. The van der Waals surface area contributed by atoms with E-state index in [9.17, 15) is 13.2 Å². The van der Waals surface area contributed by atoms with Gasteiger partial charge in [0, 0.05) is 6.07 Å². The van der Waals surface area contributed by atoms with Crippen molar-refractivity contribution in [1.29, 1.82) is 0 Å². The topological polar surface area (TPSA) is 84.9 Å². The van der Waals surface area contributed by atoms with Crippen LogP contribution in [-0.4, -0.2) is 34.1 Å². The van der Waals surface area contributed by atoms with Crippen LogP contribution in [0.5, 0.6) is 11.5 Å². The van der Waals surface area contributed by atoms with E-state index in [2.05, 4.69) is 5.32 Å². The molecule has 7 nitrogen and oxygen atoms in total. The number of hydrogen-bond donors (Lipinski definition) is 1. The van der Waals surface area contributed by atoms with E-state index >= 15 is 0 Å². The van der Waals surface area contributed by atoms with Crippen molar-refractivity contribution < 1.29 is 22.7 Å². The molecule has 0 bridgehead atoms. The van der Waals surface area contributed by atoms with Crippen LogP contribution in [0.4, 0.5) is 5.69 Å². The lowest BCUT2D eigenvalue weighted by atomic mass is 10.1. The average Bonchev–Trinajstić information content (AvgIpc) is 2.83. The van der Waals surface area contributed by atoms with Gasteiger partial charge in [-0.25, -0.2) is 8.42 Å². The van der Waals surface area contributed by atoms with E-state index in [-0.39, 0.29) is 17.5 Å². The number of nitrogens with one attached hydrogen (secondary N) is 1. The zero-order valence-electron chi connectivity index (χ0n) is 18.5. The number of anilines is 1. The van der Waals surface area contributed by atoms with Crippen LogP contribution in [0.1, 0.15) is 24.1 Å². The summed E-state index contributed by atoms with van der Waals surface area (Å²) in [5, 5.41) is 2.90. The summed E-state index contributed by atoms with van der Waals surface area (Å²) < 4.78 is 39.3. The number of carbonyl (C=O) groups is 1. The van der Waals surface area contributed by atoms with Gasteiger partial charge in [-0.2, -0.15) is 0 Å². The first-order valence-corrected chi connectivity index (χ1v) is 12.1. The second-order valence-electron chi connectivity index (χ2n) is 7.85. The van der Waals surface area contributed by atoms with Crippen LogP contribution in [0.2, 0.25) is 0 Å². The van der Waals surface area contributed by atoms with Crippen LogP contribution >= 0.6 is 0 Å². The van der Waals surface area contributed by atoms with Crippen LogP contribution in [0.3, 0.4) is 0 Å². The van der Waals surface area contributed by atoms with Crippen molar-refractivity contribution in [2.24, 2.45) is 0 Å². The van der Waals surface area contributed by atoms with Gasteiger partial charge >= 0.3 is 0 Å². The third-order valence-corrected chi connectivity index (χ3v) is 7.18. The first-order chi connectivity index (χ1) is 15.8. The van der Waals surface area contributed by atoms with Gasteiger partial charge in [0.25, 0.3) is 10.0 Å². The fourth-order valence-corrected chi connectivity index (χ4v) is 5.01. The minimum Gasteiger partial charge on any atom is -0.486 e. The fourth-order valence-electron chi connectivity index (χ4n) is 3.58. The molecule has 0 aliphatic carbocycles. The van der Waals surface area contributed by atoms with Gasteiger partial charge in [-0.1, -0.05) is 48.0 Å². The Labute approximate surface area is 194 Å². The highest BCUT2D eigenvalue weighted by atomic mass is 32.2. The molecule has 0 fully saturated rings. The lowest BCUT2D eigenvalue weighted by Crippen LogP contribution is -2.41. The Bertz CT molecular complexity index is 1230. The number of aryl methyl sites for hydroxylation is 1. The number of hydrogen-bond acceptors (Lipinski definition) is 5. The third kappa shape index (κ3) is 5.12. The number of rotatable bonds is 7. The molecule has 0 saturated carbocycles. The van der Waals surface area contributed by atoms with Gasteiger partial charge in [0.1, 0.15) is 19.8 Å². The number of nitrogens with zero attached hydrogens (tertiary/aromatic N) is 1. The van der Waals surface area contributed by atoms with Gasteiger partial charge in [-0.3, -0.25) is 9.10 Å². The highest BCUT2D eigenvalue weighted by molar-refractivity contribution is 7.92. The molecular formula is C25H26N2O5S. The Balaban J connectivity index is 1.63. The molecule has 1 atom stereocenters. The summed E-state index contributed by atoms with van der Waals surface area (Å²) in [6.07, 6.45) is 0. The number of carbonyl (C=O) groups excluding carboxylic acids is 1. The first kappa shape index (κ1) is 22.7. The Morgan fingerprint density at radius 1 is 0.970 bits per heavy atom. The Morgan fingerprint density at radius 2 is 1.64 bits per heavy atom. The van der Waals surface area contributed by atoms with Crippen molar-refractivity contribution in [3.8, 4) is 11.5 Å². The molecular weight excluding hydrogens is 440 g/mol. The van der Waals surface area contributed by atoms with Crippen molar-refractivity contribution in [1.82, 2.24) is 5.32 Å². The number of ether oxygens (including phenoxy) is 2. The van der Waals surface area contributed by atoms with E-state index in [0.717, 1.165) is 15.4 Å². The van der Waals surface area contributed by atoms with Gasteiger partial charge in [0.2, 0.25) is 5.91 Å². The van der Waals surface area contributed by atoms with E-state index in [1.54, 1.807) is 36.4 Å². The highest BCUT2D eigenvalue weighted by Crippen LogP contribution is 2.35. The maximum Gasteiger partial charge on any atom is 0.264 e. The Morgan fingerprint density at radius 3 is 2.33 bits per heavy atom. The van der Waals surface area contributed by atoms with Crippen molar-refractivity contribution in [3.05, 3.63) is 83.9 Å². The van der Waals surface area contributed by atoms with Crippen LogP contribution in [0.25, 0.3) is 0 Å². The minimum atomic E-state index is -4.01. The zero-order chi connectivity index (χ0) is 23.4. The van der Waals surface area contributed by atoms with Gasteiger partial charge in [-0.15, -0.1) is 0 Å². The number of benzene rings is 3. The zero-order valence-corrected chi connectivity index (χ0v) is 19.3. The summed E-state index contributed by atoms with van der Waals surface area (Å²) >= 11 is 0. The lowest BCUT2D eigenvalue weighted by Gasteiger charge is -2.27. The molecule has 3 aromatic carbocycles. The van der Waals surface area contributed by atoms with Crippen molar-refractivity contribution in [3.63, 3.8) is 0 Å². The maximum absolute atomic E-state index is 13.5. The molecule has 4 rings (SSSR count). The quantitative estimate of drug-likeness (QED) is 0.572. The first-order valence-electron chi connectivity index (χ1n) is 10.7. The summed E-state index contributed by atoms with van der Waals surface area (Å²) in [6.45, 7) is 4.27. The van der Waals surface area contributed by atoms with Gasteiger partial charge in [0.05, 0.1) is 16.6 Å². The Hall–Kier alpha value is -3.52. The van der Waals surface area contributed by atoms with E-state index in [1.165, 1.54) is 12.1 Å². The molecule has 1 heterocycles. The Kier molecular flexibility index (Phi) is 6.55. The summed E-state index contributed by atoms with van der Waals surface area (Å²) in [6, 6.07) is 20.5. The molecule has 8 heteroatoms. The molecule has 0 saturated heterocycles. The van der Waals surface area contributed by atoms with Crippen LogP contribution in [0.15, 0.2) is 77.7 Å². The van der Waals surface area contributed by atoms with Gasteiger partial charge < -0.3 is 14.8 Å². The van der Waals surface area contributed by atoms with Crippen LogP contribution < -0.4 is 19.1 Å². The predicted octanol–water partition coefficient (Wildman–Crippen LogP) is 3.84. The van der Waals surface area contributed by atoms with Crippen molar-refractivity contribution in [2.75, 3.05) is 24.1 Å². The summed E-state index contributed by atoms with van der Waals surface area (Å²) in [7, 11) is -4.01. The molecule has 1 aliphatic rings. The van der Waals surface area contributed by atoms with Gasteiger partial charge in [0.15, 0.2) is 11.5 Å². The van der Waals surface area contributed by atoms with Gasteiger partial charge in [-0.05, 0) is 43.7 Å². The third-order valence-electron chi connectivity index (χ3n) is 5.39. The monoisotopic (exact) mass is 466 g/mol. The predicted molar refractivity (Wildman–Crippen MR) is 126 cm³/mol. The summed E-state index contributed by atoms with van der Waals surface area (Å²) in [5.41, 5.74) is 2.38. The second kappa shape index (κ2) is 9.54. The molecule has 33 heavy (non-hydrogen) atoms. The standard InChI is InChI=1S/C25H26N2O5S/c1-18-8-10-20(11-9-18)19(2)26-25(28)17-27(33(29,30)22-6-4-3-5-7-22)21-12-13-23-24(16-21)32-15-14-31-23/h3-13,16,19H,14-15,17H2,1-2H3,(H,26,28)/t19-/m0/s1. The molecule has 1 aliphatic heterocycles. The number of sulfonamides is 1. The van der Waals surface area contributed by atoms with E-state index in [0.29, 0.717) is 30.4 Å². The van der Waals surface area contributed by atoms with E-state index < -0.39 is 15.9 Å². The minimum absolute atomic E-state index is 0.0965. The average molecular weight is 467 g/mol. The molecule has 0 spiro atoms. The lowest BCUT2D eigenvalue weighted by molar-refractivity contribution is -0.120. The largest absolute Gasteiger partial charge is 0.486 e. The van der Waals surface area contributed by atoms with Crippen LogP contribution in [0, 0.1) is 6.92 Å².